The van der Waals surface area contributed by atoms with Crippen molar-refractivity contribution >= 4 is 0 Å². The lowest BCUT2D eigenvalue weighted by atomic mass is 9.90. The second-order valence-electron chi connectivity index (χ2n) is 3.40. The van der Waals surface area contributed by atoms with Gasteiger partial charge in [-0.3, -0.25) is 0 Å². The van der Waals surface area contributed by atoms with E-state index in [1.807, 2.05) is 56.5 Å². The Morgan fingerprint density at radius 2 is 1.79 bits per heavy atom. The predicted molar refractivity (Wildman–Crippen MR) is 58.9 cm³/mol. The molecule has 0 fully saturated rings. The molecule has 74 valence electrons. The van der Waals surface area contributed by atoms with Gasteiger partial charge in [-0.05, 0) is 31.7 Å². The van der Waals surface area contributed by atoms with E-state index in [0.29, 0.717) is 0 Å². The smallest absolute Gasteiger partial charge is 0.0903 e. The molecule has 0 aliphatic heterocycles. The Bertz CT molecular complexity index is 251. The zero-order chi connectivity index (χ0) is 10.4. The number of hydrogen-bond donors (Lipinski definition) is 1. The van der Waals surface area contributed by atoms with Gasteiger partial charge in [0.2, 0.25) is 0 Å². The second-order valence-corrected chi connectivity index (χ2v) is 3.40. The van der Waals surface area contributed by atoms with Crippen molar-refractivity contribution in [2.24, 2.45) is 0 Å². The van der Waals surface area contributed by atoms with Gasteiger partial charge in [-0.1, -0.05) is 37.3 Å². The van der Waals surface area contributed by atoms with Crippen LogP contribution in [-0.4, -0.2) is 5.11 Å². The maximum atomic E-state index is 10.1. The summed E-state index contributed by atoms with van der Waals surface area (Å²) in [7, 11) is 0. The van der Waals surface area contributed by atoms with Gasteiger partial charge in [0.25, 0.3) is 0 Å². The van der Waals surface area contributed by atoms with E-state index in [-0.39, 0.29) is 0 Å². The van der Waals surface area contributed by atoms with Crippen LogP contribution in [0.2, 0.25) is 0 Å². The number of hydrogen-bond acceptors (Lipinski definition) is 1. The molecule has 0 amide bonds. The molecule has 0 aromatic heterocycles. The summed E-state index contributed by atoms with van der Waals surface area (Å²) < 4.78 is 0. The fourth-order valence-corrected chi connectivity index (χ4v) is 1.23. The van der Waals surface area contributed by atoms with Crippen molar-refractivity contribution in [3.8, 4) is 0 Å². The number of unbranched alkanes of at least 4 members (excludes halogenated alkanes) is 2. The molecule has 1 N–H and O–H groups in total. The maximum Gasteiger partial charge on any atom is 0.0903 e. The largest absolute Gasteiger partial charge is 0.385 e. The van der Waals surface area contributed by atoms with Crippen LogP contribution in [0.25, 0.3) is 0 Å². The third kappa shape index (κ3) is 3.15. The maximum absolute atomic E-state index is 10.1. The Morgan fingerprint density at radius 1 is 1.14 bits per heavy atom. The van der Waals surface area contributed by atoms with E-state index in [1.54, 1.807) is 13.3 Å². The minimum Gasteiger partial charge on any atom is -0.385 e. The van der Waals surface area contributed by atoms with Crippen LogP contribution in [0.15, 0.2) is 30.3 Å². The molecular weight excluding hydrogens is 172 g/mol. The van der Waals surface area contributed by atoms with Crippen molar-refractivity contribution in [2.45, 2.75) is 19.4 Å². The quantitative estimate of drug-likeness (QED) is 0.704. The SMILES string of the molecule is C[CH][CH][CH][CH][C@@](C)(O)c1ccccc1. The van der Waals surface area contributed by atoms with Gasteiger partial charge in [0.15, 0.2) is 0 Å². The lowest BCUT2D eigenvalue weighted by Gasteiger charge is -2.23. The molecule has 4 radical (unpaired) electrons. The fraction of sp³-hybridized carbons (Fsp3) is 0.231. The molecule has 1 atom stereocenters. The van der Waals surface area contributed by atoms with Crippen LogP contribution in [0.3, 0.4) is 0 Å². The van der Waals surface area contributed by atoms with Gasteiger partial charge in [-0.2, -0.15) is 0 Å². The Kier molecular flexibility index (Phi) is 4.15. The first-order chi connectivity index (χ1) is 6.67. The molecule has 0 aliphatic carbocycles. The molecule has 0 unspecified atom stereocenters. The topological polar surface area (TPSA) is 20.2 Å². The molecule has 14 heavy (non-hydrogen) atoms. The molecule has 0 saturated carbocycles. The summed E-state index contributed by atoms with van der Waals surface area (Å²) in [4.78, 5) is 0. The molecule has 0 saturated heterocycles. The van der Waals surface area contributed by atoms with Crippen LogP contribution < -0.4 is 0 Å². The molecule has 0 heterocycles. The Balaban J connectivity index is 2.56. The van der Waals surface area contributed by atoms with Crippen LogP contribution in [0.1, 0.15) is 19.4 Å². The third-order valence-electron chi connectivity index (χ3n) is 2.08. The standard InChI is InChI=1S/C13H16O/c1-3-4-8-11-13(2,14)12-9-6-5-7-10-12/h3-11,14H,1-2H3/t13-/m1/s1. The van der Waals surface area contributed by atoms with Crippen LogP contribution in [-0.2, 0) is 5.60 Å². The summed E-state index contributed by atoms with van der Waals surface area (Å²) in [5, 5.41) is 10.1. The monoisotopic (exact) mass is 188 g/mol. The predicted octanol–water partition coefficient (Wildman–Crippen LogP) is 2.73. The summed E-state index contributed by atoms with van der Waals surface area (Å²) in [6.07, 6.45) is 7.46. The zero-order valence-electron chi connectivity index (χ0n) is 8.64. The van der Waals surface area contributed by atoms with Crippen LogP contribution in [0.5, 0.6) is 0 Å². The highest BCUT2D eigenvalue weighted by Crippen LogP contribution is 2.24. The summed E-state index contributed by atoms with van der Waals surface area (Å²) in [6.45, 7) is 3.73. The zero-order valence-corrected chi connectivity index (χ0v) is 8.64. The van der Waals surface area contributed by atoms with Crippen LogP contribution >= 0.6 is 0 Å². The molecule has 1 nitrogen and oxygen atoms in total. The lowest BCUT2D eigenvalue weighted by molar-refractivity contribution is 0.0956. The molecule has 1 aromatic carbocycles. The van der Waals surface area contributed by atoms with Gasteiger partial charge in [-0.25, -0.2) is 0 Å². The van der Waals surface area contributed by atoms with Crippen LogP contribution in [0.4, 0.5) is 0 Å². The summed E-state index contributed by atoms with van der Waals surface area (Å²) in [6, 6.07) is 9.62. The average molecular weight is 188 g/mol. The fourth-order valence-electron chi connectivity index (χ4n) is 1.23. The molecule has 0 spiro atoms. The van der Waals surface area contributed by atoms with E-state index >= 15 is 0 Å². The van der Waals surface area contributed by atoms with Gasteiger partial charge in [0.05, 0.1) is 5.60 Å². The number of rotatable bonds is 5. The third-order valence-corrected chi connectivity index (χ3v) is 2.08. The summed E-state index contributed by atoms with van der Waals surface area (Å²) in [5.41, 5.74) is 0.0154. The molecule has 0 aliphatic rings. The van der Waals surface area contributed by atoms with Crippen molar-refractivity contribution in [2.75, 3.05) is 0 Å². The van der Waals surface area contributed by atoms with Crippen molar-refractivity contribution in [1.29, 1.82) is 0 Å². The minimum atomic E-state index is -0.888. The summed E-state index contributed by atoms with van der Waals surface area (Å²) >= 11 is 0. The van der Waals surface area contributed by atoms with Crippen molar-refractivity contribution in [3.05, 3.63) is 61.6 Å². The van der Waals surface area contributed by atoms with Gasteiger partial charge in [-0.15, -0.1) is 0 Å². The highest BCUT2D eigenvalue weighted by atomic mass is 16.3. The van der Waals surface area contributed by atoms with E-state index in [4.69, 9.17) is 0 Å². The molecular formula is C13H16O. The minimum absolute atomic E-state index is 0.888. The number of aliphatic hydroxyl groups is 1. The first-order valence-corrected chi connectivity index (χ1v) is 4.75. The molecule has 1 heteroatoms. The van der Waals surface area contributed by atoms with Gasteiger partial charge in [0.1, 0.15) is 0 Å². The van der Waals surface area contributed by atoms with E-state index in [2.05, 4.69) is 0 Å². The van der Waals surface area contributed by atoms with Crippen molar-refractivity contribution in [1.82, 2.24) is 0 Å². The lowest BCUT2D eigenvalue weighted by Crippen LogP contribution is -2.21. The molecule has 1 rings (SSSR count). The van der Waals surface area contributed by atoms with Crippen LogP contribution in [0, 0.1) is 25.7 Å². The Morgan fingerprint density at radius 3 is 2.36 bits per heavy atom. The summed E-state index contributed by atoms with van der Waals surface area (Å²) in [5.74, 6) is 0. The van der Waals surface area contributed by atoms with Gasteiger partial charge in [0, 0.05) is 6.42 Å². The van der Waals surface area contributed by atoms with E-state index < -0.39 is 5.60 Å². The van der Waals surface area contributed by atoms with E-state index in [1.165, 1.54) is 0 Å². The van der Waals surface area contributed by atoms with Crippen molar-refractivity contribution < 1.29 is 5.11 Å². The van der Waals surface area contributed by atoms with E-state index in [0.717, 1.165) is 5.56 Å². The van der Waals surface area contributed by atoms with Gasteiger partial charge < -0.3 is 5.11 Å². The first-order valence-electron chi connectivity index (χ1n) is 4.75. The highest BCUT2D eigenvalue weighted by Gasteiger charge is 2.21. The van der Waals surface area contributed by atoms with Gasteiger partial charge >= 0.3 is 0 Å². The number of benzene rings is 1. The Hall–Kier alpha value is -0.820. The van der Waals surface area contributed by atoms with Crippen molar-refractivity contribution in [3.63, 3.8) is 0 Å². The average Bonchev–Trinajstić information content (AvgIpc) is 2.19. The normalized spacial score (nSPS) is 15.1. The molecule has 0 bridgehead atoms. The molecule has 1 aromatic rings. The highest BCUT2D eigenvalue weighted by molar-refractivity contribution is 5.27. The second kappa shape index (κ2) is 5.16. The first kappa shape index (κ1) is 11.3. The Labute approximate surface area is 86.8 Å². The van der Waals surface area contributed by atoms with E-state index in [9.17, 15) is 5.11 Å².